The van der Waals surface area contributed by atoms with E-state index in [4.69, 9.17) is 4.74 Å². The highest BCUT2D eigenvalue weighted by Gasteiger charge is 2.41. The van der Waals surface area contributed by atoms with Crippen molar-refractivity contribution in [2.45, 2.75) is 19.8 Å². The fourth-order valence-electron chi connectivity index (χ4n) is 1.68. The molecule has 0 atom stereocenters. The number of esters is 1. The van der Waals surface area contributed by atoms with Gasteiger partial charge in [0.05, 0.1) is 18.8 Å². The highest BCUT2D eigenvalue weighted by Crippen LogP contribution is 2.44. The van der Waals surface area contributed by atoms with Gasteiger partial charge in [0.25, 0.3) is 0 Å². The van der Waals surface area contributed by atoms with E-state index < -0.39 is 0 Å². The van der Waals surface area contributed by atoms with Crippen LogP contribution >= 0.6 is 0 Å². The Bertz CT molecular complexity index is 413. The lowest BCUT2D eigenvalue weighted by Crippen LogP contribution is -2.19. The molecule has 18 heavy (non-hydrogen) atoms. The number of hydrogen-bond donors (Lipinski definition) is 2. The van der Waals surface area contributed by atoms with Crippen molar-refractivity contribution in [3.8, 4) is 0 Å². The van der Waals surface area contributed by atoms with Gasteiger partial charge in [-0.25, -0.2) is 9.78 Å². The predicted molar refractivity (Wildman–Crippen MR) is 67.4 cm³/mol. The maximum atomic E-state index is 11.4. The molecule has 0 saturated heterocycles. The zero-order valence-electron chi connectivity index (χ0n) is 10.5. The average Bonchev–Trinajstić information content (AvgIpc) is 3.18. The third-order valence-corrected chi connectivity index (χ3v) is 3.21. The van der Waals surface area contributed by atoms with E-state index in [1.54, 1.807) is 19.1 Å². The van der Waals surface area contributed by atoms with Crippen molar-refractivity contribution < 1.29 is 14.6 Å². The zero-order valence-corrected chi connectivity index (χ0v) is 10.5. The van der Waals surface area contributed by atoms with Crippen molar-refractivity contribution in [1.82, 2.24) is 4.98 Å². The minimum absolute atomic E-state index is 0.0431. The number of aliphatic hydroxyl groups is 1. The standard InChI is InChI=1S/C13H18N2O3/c1-2-18-12(17)10-3-4-11(14-7-10)15-8-13(9-16)5-6-13/h3-4,7,16H,2,5-6,8-9H2,1H3,(H,14,15). The summed E-state index contributed by atoms with van der Waals surface area (Å²) in [6.45, 7) is 3.05. The Labute approximate surface area is 106 Å². The van der Waals surface area contributed by atoms with E-state index >= 15 is 0 Å². The molecule has 1 aromatic rings. The molecule has 1 fully saturated rings. The molecule has 2 rings (SSSR count). The van der Waals surface area contributed by atoms with Gasteiger partial charge in [0.2, 0.25) is 0 Å². The number of aromatic nitrogens is 1. The second kappa shape index (κ2) is 5.35. The molecule has 1 heterocycles. The number of nitrogens with zero attached hydrogens (tertiary/aromatic N) is 1. The molecule has 0 bridgehead atoms. The first-order chi connectivity index (χ1) is 8.69. The van der Waals surface area contributed by atoms with Gasteiger partial charge in [0, 0.05) is 18.2 Å². The van der Waals surface area contributed by atoms with Crippen LogP contribution in [0, 0.1) is 5.41 Å². The average molecular weight is 250 g/mol. The summed E-state index contributed by atoms with van der Waals surface area (Å²) >= 11 is 0. The summed E-state index contributed by atoms with van der Waals surface area (Å²) in [5, 5.41) is 12.4. The van der Waals surface area contributed by atoms with Crippen molar-refractivity contribution in [2.75, 3.05) is 25.1 Å². The Morgan fingerprint density at radius 2 is 2.33 bits per heavy atom. The van der Waals surface area contributed by atoms with E-state index in [-0.39, 0.29) is 18.0 Å². The van der Waals surface area contributed by atoms with E-state index in [9.17, 15) is 9.90 Å². The van der Waals surface area contributed by atoms with Crippen LogP contribution in [0.3, 0.4) is 0 Å². The van der Waals surface area contributed by atoms with Crippen LogP contribution in [0.15, 0.2) is 18.3 Å². The third kappa shape index (κ3) is 2.98. The predicted octanol–water partition coefficient (Wildman–Crippen LogP) is 1.44. The van der Waals surface area contributed by atoms with Gasteiger partial charge < -0.3 is 15.2 Å². The first-order valence-electron chi connectivity index (χ1n) is 6.17. The van der Waals surface area contributed by atoms with Crippen LogP contribution in [0.25, 0.3) is 0 Å². The number of carbonyl (C=O) groups is 1. The molecule has 0 aliphatic heterocycles. The fraction of sp³-hybridized carbons (Fsp3) is 0.538. The molecule has 1 aliphatic carbocycles. The summed E-state index contributed by atoms with van der Waals surface area (Å²) < 4.78 is 4.88. The Morgan fingerprint density at radius 1 is 1.56 bits per heavy atom. The molecule has 98 valence electrons. The number of carbonyl (C=O) groups excluding carboxylic acids is 1. The fourth-order valence-corrected chi connectivity index (χ4v) is 1.68. The highest BCUT2D eigenvalue weighted by molar-refractivity contribution is 5.89. The lowest BCUT2D eigenvalue weighted by Gasteiger charge is -2.13. The Kier molecular flexibility index (Phi) is 3.81. The molecule has 0 spiro atoms. The molecule has 2 N–H and O–H groups in total. The Morgan fingerprint density at radius 3 is 2.83 bits per heavy atom. The zero-order chi connectivity index (χ0) is 13.0. The lowest BCUT2D eigenvalue weighted by atomic mass is 10.1. The number of pyridine rings is 1. The van der Waals surface area contributed by atoms with Crippen molar-refractivity contribution in [3.63, 3.8) is 0 Å². The van der Waals surface area contributed by atoms with Gasteiger partial charge in [0.1, 0.15) is 5.82 Å². The highest BCUT2D eigenvalue weighted by atomic mass is 16.5. The molecule has 0 aromatic carbocycles. The maximum Gasteiger partial charge on any atom is 0.339 e. The van der Waals surface area contributed by atoms with Crippen LogP contribution in [0.4, 0.5) is 5.82 Å². The summed E-state index contributed by atoms with van der Waals surface area (Å²) in [6.07, 6.45) is 3.60. The number of anilines is 1. The van der Waals surface area contributed by atoms with E-state index in [0.29, 0.717) is 18.0 Å². The minimum atomic E-state index is -0.356. The number of ether oxygens (including phenoxy) is 1. The molecule has 0 unspecified atom stereocenters. The monoisotopic (exact) mass is 250 g/mol. The molecule has 0 radical (unpaired) electrons. The number of nitrogens with one attached hydrogen (secondary N) is 1. The molecule has 1 saturated carbocycles. The molecule has 5 heteroatoms. The quantitative estimate of drug-likeness (QED) is 0.748. The summed E-state index contributed by atoms with van der Waals surface area (Å²) in [4.78, 5) is 15.6. The third-order valence-electron chi connectivity index (χ3n) is 3.21. The summed E-state index contributed by atoms with van der Waals surface area (Å²) in [5.74, 6) is 0.355. The van der Waals surface area contributed by atoms with Gasteiger partial charge in [-0.3, -0.25) is 0 Å². The van der Waals surface area contributed by atoms with Crippen LogP contribution in [-0.2, 0) is 4.74 Å². The smallest absolute Gasteiger partial charge is 0.339 e. The van der Waals surface area contributed by atoms with Crippen molar-refractivity contribution in [3.05, 3.63) is 23.9 Å². The molecular weight excluding hydrogens is 232 g/mol. The Hall–Kier alpha value is -1.62. The summed E-state index contributed by atoms with van der Waals surface area (Å²) in [6, 6.07) is 3.44. The Balaban J connectivity index is 1.89. The molecular formula is C13H18N2O3. The number of rotatable bonds is 6. The van der Waals surface area contributed by atoms with E-state index in [1.807, 2.05) is 0 Å². The summed E-state index contributed by atoms with van der Waals surface area (Å²) in [5.41, 5.74) is 0.493. The van der Waals surface area contributed by atoms with Gasteiger partial charge >= 0.3 is 5.97 Å². The van der Waals surface area contributed by atoms with Crippen molar-refractivity contribution in [2.24, 2.45) is 5.41 Å². The van der Waals surface area contributed by atoms with E-state index in [2.05, 4.69) is 10.3 Å². The van der Waals surface area contributed by atoms with Gasteiger partial charge in [0.15, 0.2) is 0 Å². The van der Waals surface area contributed by atoms with Gasteiger partial charge in [-0.15, -0.1) is 0 Å². The van der Waals surface area contributed by atoms with Crippen molar-refractivity contribution >= 4 is 11.8 Å². The first-order valence-corrected chi connectivity index (χ1v) is 6.17. The van der Waals surface area contributed by atoms with Crippen LogP contribution in [0.2, 0.25) is 0 Å². The SMILES string of the molecule is CCOC(=O)c1ccc(NCC2(CO)CC2)nc1. The van der Waals surface area contributed by atoms with Gasteiger partial charge in [-0.2, -0.15) is 0 Å². The molecule has 1 aliphatic rings. The van der Waals surface area contributed by atoms with E-state index in [0.717, 1.165) is 19.4 Å². The van der Waals surface area contributed by atoms with Crippen LogP contribution < -0.4 is 5.32 Å². The second-order valence-electron chi connectivity index (χ2n) is 4.66. The molecule has 0 amide bonds. The van der Waals surface area contributed by atoms with Gasteiger partial charge in [-0.05, 0) is 31.9 Å². The van der Waals surface area contributed by atoms with Crippen molar-refractivity contribution in [1.29, 1.82) is 0 Å². The molecule has 5 nitrogen and oxygen atoms in total. The van der Waals surface area contributed by atoms with Crippen LogP contribution in [0.5, 0.6) is 0 Å². The summed E-state index contributed by atoms with van der Waals surface area (Å²) in [7, 11) is 0. The largest absolute Gasteiger partial charge is 0.462 e. The van der Waals surface area contributed by atoms with Gasteiger partial charge in [-0.1, -0.05) is 0 Å². The van der Waals surface area contributed by atoms with Crippen LogP contribution in [-0.4, -0.2) is 35.8 Å². The number of aliphatic hydroxyl groups excluding tert-OH is 1. The van der Waals surface area contributed by atoms with E-state index in [1.165, 1.54) is 6.20 Å². The normalized spacial score (nSPS) is 16.1. The minimum Gasteiger partial charge on any atom is -0.462 e. The topological polar surface area (TPSA) is 71.5 Å². The first kappa shape index (κ1) is 12.8. The van der Waals surface area contributed by atoms with Crippen LogP contribution in [0.1, 0.15) is 30.1 Å². The second-order valence-corrected chi connectivity index (χ2v) is 4.66. The number of hydrogen-bond acceptors (Lipinski definition) is 5. The molecule has 1 aromatic heterocycles. The lowest BCUT2D eigenvalue weighted by molar-refractivity contribution is 0.0526. The maximum absolute atomic E-state index is 11.4.